The van der Waals surface area contributed by atoms with Gasteiger partial charge in [-0.2, -0.15) is 5.10 Å². The molecule has 6 heteroatoms. The van der Waals surface area contributed by atoms with Gasteiger partial charge in [0, 0.05) is 67.8 Å². The van der Waals surface area contributed by atoms with E-state index < -0.39 is 0 Å². The zero-order valence-corrected chi connectivity index (χ0v) is 27.8. The van der Waals surface area contributed by atoms with Crippen molar-refractivity contribution in [1.29, 1.82) is 0 Å². The highest BCUT2D eigenvalue weighted by molar-refractivity contribution is 5.65. The molecule has 1 fully saturated rings. The number of aryl methyl sites for hydroxylation is 1. The number of anilines is 2. The summed E-state index contributed by atoms with van der Waals surface area (Å²) in [5.41, 5.74) is 14.7. The number of hydrogen-bond acceptors (Lipinski definition) is 5. The third-order valence-electron chi connectivity index (χ3n) is 8.81. The molecule has 0 saturated heterocycles. The molecule has 4 aromatic rings. The van der Waals surface area contributed by atoms with Gasteiger partial charge in [0.2, 0.25) is 0 Å². The van der Waals surface area contributed by atoms with Gasteiger partial charge in [-0.25, -0.2) is 4.68 Å². The summed E-state index contributed by atoms with van der Waals surface area (Å²) in [5.74, 6) is 0.162. The molecule has 1 aromatic heterocycles. The quantitative estimate of drug-likeness (QED) is 0.156. The fourth-order valence-corrected chi connectivity index (χ4v) is 6.48. The van der Waals surface area contributed by atoms with Gasteiger partial charge in [0.05, 0.1) is 23.6 Å². The number of benzene rings is 3. The van der Waals surface area contributed by atoms with Crippen LogP contribution in [0.3, 0.4) is 0 Å². The molecular formula is C38H52N4O2. The van der Waals surface area contributed by atoms with Crippen LogP contribution >= 0.6 is 0 Å². The molecule has 0 amide bonds. The Hall–Kier alpha value is -3.61. The zero-order chi connectivity index (χ0) is 31.6. The fraction of sp³-hybridized carbons (Fsp3) is 0.447. The van der Waals surface area contributed by atoms with Crippen LogP contribution < -0.4 is 10.6 Å². The first kappa shape index (κ1) is 33.3. The van der Waals surface area contributed by atoms with Crippen molar-refractivity contribution < 1.29 is 9.47 Å². The summed E-state index contributed by atoms with van der Waals surface area (Å²) in [6.07, 6.45) is 6.88. The van der Waals surface area contributed by atoms with Crippen molar-refractivity contribution in [2.45, 2.75) is 84.3 Å². The Labute approximate surface area is 265 Å². The number of rotatable bonds is 13. The number of nitrogens with zero attached hydrogens (tertiary/aromatic N) is 3. The van der Waals surface area contributed by atoms with Crippen LogP contribution in [0, 0.1) is 6.92 Å². The lowest BCUT2D eigenvalue weighted by Gasteiger charge is -2.51. The van der Waals surface area contributed by atoms with E-state index in [2.05, 4.69) is 74.3 Å². The molecule has 3 aromatic carbocycles. The van der Waals surface area contributed by atoms with E-state index in [-0.39, 0.29) is 24.0 Å². The third kappa shape index (κ3) is 7.03. The van der Waals surface area contributed by atoms with Gasteiger partial charge in [-0.1, -0.05) is 76.9 Å². The summed E-state index contributed by atoms with van der Waals surface area (Å²) in [6, 6.07) is 25.2. The molecule has 44 heavy (non-hydrogen) atoms. The molecule has 2 N–H and O–H groups in total. The lowest BCUT2D eigenvalue weighted by molar-refractivity contribution is -0.115. The molecule has 2 atom stereocenters. The van der Waals surface area contributed by atoms with Crippen LogP contribution in [0.4, 0.5) is 11.4 Å². The van der Waals surface area contributed by atoms with Gasteiger partial charge in [0.25, 0.3) is 0 Å². The lowest BCUT2D eigenvalue weighted by atomic mass is 9.62. The highest BCUT2D eigenvalue weighted by Crippen LogP contribution is 2.53. The van der Waals surface area contributed by atoms with Crippen LogP contribution in [-0.2, 0) is 9.47 Å². The maximum Gasteiger partial charge on any atom is 0.0964 e. The van der Waals surface area contributed by atoms with Gasteiger partial charge in [0.15, 0.2) is 0 Å². The monoisotopic (exact) mass is 596 g/mol. The third-order valence-corrected chi connectivity index (χ3v) is 8.81. The van der Waals surface area contributed by atoms with Crippen molar-refractivity contribution in [3.8, 4) is 16.9 Å². The minimum Gasteiger partial charge on any atom is -0.399 e. The number of aromatic nitrogens is 2. The first-order chi connectivity index (χ1) is 21.5. The highest BCUT2D eigenvalue weighted by atomic mass is 16.5. The Morgan fingerprint density at radius 1 is 0.795 bits per heavy atom. The van der Waals surface area contributed by atoms with Crippen molar-refractivity contribution in [3.63, 3.8) is 0 Å². The van der Waals surface area contributed by atoms with Gasteiger partial charge in [-0.15, -0.1) is 0 Å². The van der Waals surface area contributed by atoms with Crippen molar-refractivity contribution in [3.05, 3.63) is 95.7 Å². The molecule has 1 aliphatic rings. The highest BCUT2D eigenvalue weighted by Gasteiger charge is 2.54. The first-order valence-electron chi connectivity index (χ1n) is 16.4. The average Bonchev–Trinajstić information content (AvgIpc) is 3.48. The molecule has 236 valence electrons. The van der Waals surface area contributed by atoms with E-state index >= 15 is 0 Å². The summed E-state index contributed by atoms with van der Waals surface area (Å²) >= 11 is 0. The van der Waals surface area contributed by atoms with Gasteiger partial charge in [-0.05, 0) is 67.3 Å². The predicted octanol–water partition coefficient (Wildman–Crippen LogP) is 8.77. The Morgan fingerprint density at radius 3 is 1.93 bits per heavy atom. The number of hydrogen-bond donors (Lipinski definition) is 1. The largest absolute Gasteiger partial charge is 0.399 e. The fourth-order valence-electron chi connectivity index (χ4n) is 6.48. The van der Waals surface area contributed by atoms with Gasteiger partial charge in [-0.3, -0.25) is 0 Å². The molecule has 0 bridgehead atoms. The summed E-state index contributed by atoms with van der Waals surface area (Å²) in [7, 11) is 3.65. The number of nitrogen functional groups attached to an aromatic ring is 1. The second-order valence-corrected chi connectivity index (χ2v) is 11.5. The van der Waals surface area contributed by atoms with Crippen molar-refractivity contribution >= 4 is 11.4 Å². The minimum atomic E-state index is -0.0395. The van der Waals surface area contributed by atoms with Crippen molar-refractivity contribution in [1.82, 2.24) is 9.78 Å². The minimum absolute atomic E-state index is 0.0346. The molecule has 1 aliphatic carbocycles. The number of methoxy groups -OCH3 is 2. The summed E-state index contributed by atoms with van der Waals surface area (Å²) in [5, 5.41) is 5.08. The smallest absolute Gasteiger partial charge is 0.0964 e. The van der Waals surface area contributed by atoms with E-state index in [4.69, 9.17) is 20.3 Å². The average molecular weight is 597 g/mol. The normalized spacial score (nSPS) is 19.2. The van der Waals surface area contributed by atoms with Crippen LogP contribution in [0.25, 0.3) is 16.9 Å². The van der Waals surface area contributed by atoms with Gasteiger partial charge in [0.1, 0.15) is 0 Å². The Bertz CT molecular complexity index is 1410. The number of ether oxygens (including phenoxy) is 2. The molecule has 2 unspecified atom stereocenters. The van der Waals surface area contributed by atoms with Crippen LogP contribution in [0.2, 0.25) is 0 Å². The van der Waals surface area contributed by atoms with E-state index in [9.17, 15) is 0 Å². The van der Waals surface area contributed by atoms with E-state index in [0.29, 0.717) is 0 Å². The zero-order valence-electron chi connectivity index (χ0n) is 27.8. The van der Waals surface area contributed by atoms with Crippen molar-refractivity contribution in [2.24, 2.45) is 0 Å². The Morgan fingerprint density at radius 2 is 1.39 bits per heavy atom. The van der Waals surface area contributed by atoms with E-state index in [1.54, 1.807) is 0 Å². The molecule has 0 aliphatic heterocycles. The van der Waals surface area contributed by atoms with Gasteiger partial charge >= 0.3 is 0 Å². The standard InChI is InChI=1S/C36H46N4O2.C2H6/c1-6-8-21-39(22-9-7-2)29-19-20-30(25(3)23-29)32-35(41-4)33(36(32)42-5)31-24-40(28-17-15-27(37)16-18-28)38-34(31)26-13-11-10-12-14-26;1-2/h10-20,23-24,32-33,35-36H,6-9,21-22,37H2,1-5H3;1-2H3. The second kappa shape index (κ2) is 15.9. The number of nitrogens with two attached hydrogens (primary N) is 1. The van der Waals surface area contributed by atoms with Crippen molar-refractivity contribution in [2.75, 3.05) is 37.9 Å². The molecule has 1 heterocycles. The Kier molecular flexibility index (Phi) is 12.0. The molecular weight excluding hydrogens is 544 g/mol. The molecule has 5 rings (SSSR count). The molecule has 6 nitrogen and oxygen atoms in total. The molecule has 0 radical (unpaired) electrons. The summed E-state index contributed by atoms with van der Waals surface area (Å²) in [6.45, 7) is 13.0. The van der Waals surface area contributed by atoms with Crippen LogP contribution in [0.15, 0.2) is 79.0 Å². The summed E-state index contributed by atoms with van der Waals surface area (Å²) in [4.78, 5) is 2.55. The maximum atomic E-state index is 6.27. The Balaban J connectivity index is 0.00000216. The SMILES string of the molecule is CC.CCCCN(CCCC)c1ccc(C2C(OC)C(c3cn(-c4ccc(N)cc4)nc3-c3ccccc3)C2OC)c(C)c1. The molecule has 1 saturated carbocycles. The first-order valence-corrected chi connectivity index (χ1v) is 16.4. The second-order valence-electron chi connectivity index (χ2n) is 11.5. The number of unbranched alkanes of at least 4 members (excludes halogenated alkanes) is 2. The predicted molar refractivity (Wildman–Crippen MR) is 185 cm³/mol. The van der Waals surface area contributed by atoms with E-state index in [1.165, 1.54) is 42.5 Å². The maximum absolute atomic E-state index is 6.27. The van der Waals surface area contributed by atoms with E-state index in [0.717, 1.165) is 41.3 Å². The lowest BCUT2D eigenvalue weighted by Crippen LogP contribution is -2.53. The van der Waals surface area contributed by atoms with Crippen LogP contribution in [0.1, 0.15) is 81.9 Å². The van der Waals surface area contributed by atoms with E-state index in [1.807, 2.05) is 63.1 Å². The molecule has 0 spiro atoms. The topological polar surface area (TPSA) is 65.5 Å². The summed E-state index contributed by atoms with van der Waals surface area (Å²) < 4.78 is 14.5. The van der Waals surface area contributed by atoms with Crippen LogP contribution in [-0.4, -0.2) is 49.3 Å². The van der Waals surface area contributed by atoms with Gasteiger partial charge < -0.3 is 20.1 Å². The van der Waals surface area contributed by atoms with Crippen LogP contribution in [0.5, 0.6) is 0 Å².